The van der Waals surface area contributed by atoms with E-state index in [1.165, 1.54) is 0 Å². The molecule has 1 aromatic heterocycles. The molecule has 0 aliphatic carbocycles. The van der Waals surface area contributed by atoms with Gasteiger partial charge in [-0.25, -0.2) is 4.79 Å². The summed E-state index contributed by atoms with van der Waals surface area (Å²) in [5, 5.41) is 14.0. The number of hydrogen-bond acceptors (Lipinski definition) is 4. The second-order valence-electron chi connectivity index (χ2n) is 5.62. The number of likely N-dealkylation sites (tertiary alicyclic amines) is 1. The maximum absolute atomic E-state index is 11.9. The summed E-state index contributed by atoms with van der Waals surface area (Å²) in [6.45, 7) is 6.39. The first-order valence-electron chi connectivity index (χ1n) is 6.05. The molecule has 4 nitrogen and oxygen atoms in total. The lowest BCUT2D eigenvalue weighted by molar-refractivity contribution is 0.0270. The molecule has 100 valence electrons. The largest absolute Gasteiger partial charge is 0.444 e. The minimum Gasteiger partial charge on any atom is -0.444 e. The lowest BCUT2D eigenvalue weighted by Crippen LogP contribution is -2.35. The lowest BCUT2D eigenvalue weighted by atomic mass is 10.00. The summed E-state index contributed by atoms with van der Waals surface area (Å²) in [4.78, 5) is 13.5. The van der Waals surface area contributed by atoms with Crippen molar-refractivity contribution >= 4 is 17.4 Å². The number of rotatable bonds is 1. The quantitative estimate of drug-likeness (QED) is 0.852. The summed E-state index contributed by atoms with van der Waals surface area (Å²) in [6, 6.07) is 2.00. The van der Waals surface area contributed by atoms with Gasteiger partial charge in [-0.3, -0.25) is 0 Å². The maximum Gasteiger partial charge on any atom is 0.410 e. The molecule has 1 aromatic rings. The SMILES string of the molecule is CC(C)(C)OC(=O)N1C[C@@H](O)[C@H](c2ccsc2)C1. The molecule has 1 aliphatic heterocycles. The van der Waals surface area contributed by atoms with E-state index in [1.807, 2.05) is 37.6 Å². The van der Waals surface area contributed by atoms with E-state index in [-0.39, 0.29) is 12.0 Å². The van der Waals surface area contributed by atoms with Crippen LogP contribution < -0.4 is 0 Å². The summed E-state index contributed by atoms with van der Waals surface area (Å²) in [5.74, 6) is 0.00349. The van der Waals surface area contributed by atoms with Crippen LogP contribution in [0.2, 0.25) is 0 Å². The van der Waals surface area contributed by atoms with Crippen LogP contribution in [0.4, 0.5) is 4.79 Å². The molecule has 2 rings (SSSR count). The highest BCUT2D eigenvalue weighted by molar-refractivity contribution is 7.08. The highest BCUT2D eigenvalue weighted by Gasteiger charge is 2.36. The summed E-state index contributed by atoms with van der Waals surface area (Å²) < 4.78 is 5.31. The number of nitrogens with zero attached hydrogens (tertiary/aromatic N) is 1. The Hall–Kier alpha value is -1.07. The zero-order valence-electron chi connectivity index (χ0n) is 10.9. The Balaban J connectivity index is 2.00. The van der Waals surface area contributed by atoms with Crippen LogP contribution in [0.5, 0.6) is 0 Å². The van der Waals surface area contributed by atoms with Crippen LogP contribution in [0, 0.1) is 0 Å². The lowest BCUT2D eigenvalue weighted by Gasteiger charge is -2.24. The highest BCUT2D eigenvalue weighted by Crippen LogP contribution is 2.29. The summed E-state index contributed by atoms with van der Waals surface area (Å²) in [7, 11) is 0. The molecule has 1 aliphatic rings. The summed E-state index contributed by atoms with van der Waals surface area (Å²) >= 11 is 1.60. The van der Waals surface area contributed by atoms with Gasteiger partial charge in [-0.1, -0.05) is 0 Å². The van der Waals surface area contributed by atoms with Crippen molar-refractivity contribution in [2.24, 2.45) is 0 Å². The molecule has 0 saturated carbocycles. The average molecular weight is 269 g/mol. The van der Waals surface area contributed by atoms with E-state index in [0.29, 0.717) is 13.1 Å². The molecular formula is C13H19NO3S. The molecule has 1 amide bonds. The van der Waals surface area contributed by atoms with E-state index in [4.69, 9.17) is 4.74 Å². The fourth-order valence-electron chi connectivity index (χ4n) is 2.08. The van der Waals surface area contributed by atoms with Crippen LogP contribution in [0.3, 0.4) is 0 Å². The number of thiophene rings is 1. The number of aliphatic hydroxyl groups excluding tert-OH is 1. The number of carbonyl (C=O) groups is 1. The van der Waals surface area contributed by atoms with Gasteiger partial charge in [0.05, 0.1) is 12.6 Å². The fourth-order valence-corrected chi connectivity index (χ4v) is 2.80. The Morgan fingerprint density at radius 2 is 2.22 bits per heavy atom. The van der Waals surface area contributed by atoms with Crippen molar-refractivity contribution in [1.29, 1.82) is 0 Å². The highest BCUT2D eigenvalue weighted by atomic mass is 32.1. The van der Waals surface area contributed by atoms with Gasteiger partial charge in [0.25, 0.3) is 0 Å². The maximum atomic E-state index is 11.9. The van der Waals surface area contributed by atoms with Crippen molar-refractivity contribution in [3.8, 4) is 0 Å². The first-order valence-corrected chi connectivity index (χ1v) is 6.99. The van der Waals surface area contributed by atoms with Crippen molar-refractivity contribution in [2.45, 2.75) is 38.4 Å². The van der Waals surface area contributed by atoms with E-state index < -0.39 is 11.7 Å². The van der Waals surface area contributed by atoms with Gasteiger partial charge >= 0.3 is 6.09 Å². The molecule has 2 atom stereocenters. The third-order valence-electron chi connectivity index (χ3n) is 2.91. The Morgan fingerprint density at radius 3 is 2.78 bits per heavy atom. The smallest absolute Gasteiger partial charge is 0.410 e. The van der Waals surface area contributed by atoms with Crippen LogP contribution in [0.1, 0.15) is 32.3 Å². The Bertz CT molecular complexity index is 410. The van der Waals surface area contributed by atoms with Gasteiger partial charge in [-0.05, 0) is 43.2 Å². The Labute approximate surface area is 111 Å². The molecule has 0 aromatic carbocycles. The number of carbonyl (C=O) groups excluding carboxylic acids is 1. The molecule has 1 fully saturated rings. The normalized spacial score (nSPS) is 24.3. The van der Waals surface area contributed by atoms with Crippen LogP contribution in [-0.2, 0) is 4.74 Å². The van der Waals surface area contributed by atoms with Crippen molar-refractivity contribution in [1.82, 2.24) is 4.90 Å². The van der Waals surface area contributed by atoms with Crippen LogP contribution in [-0.4, -0.2) is 40.9 Å². The van der Waals surface area contributed by atoms with Crippen molar-refractivity contribution < 1.29 is 14.6 Å². The molecule has 2 heterocycles. The minimum atomic E-state index is -0.507. The van der Waals surface area contributed by atoms with Gasteiger partial charge in [0.15, 0.2) is 0 Å². The standard InChI is InChI=1S/C13H19NO3S/c1-13(2,3)17-12(16)14-6-10(11(15)7-14)9-4-5-18-8-9/h4-5,8,10-11,15H,6-7H2,1-3H3/t10-,11+/m0/s1. The van der Waals surface area contributed by atoms with Crippen LogP contribution in [0.25, 0.3) is 0 Å². The first kappa shape index (κ1) is 13.4. The zero-order valence-corrected chi connectivity index (χ0v) is 11.7. The van der Waals surface area contributed by atoms with Gasteiger partial charge in [-0.2, -0.15) is 11.3 Å². The topological polar surface area (TPSA) is 49.8 Å². The minimum absolute atomic E-state index is 0.00349. The van der Waals surface area contributed by atoms with E-state index >= 15 is 0 Å². The molecule has 0 radical (unpaired) electrons. The fraction of sp³-hybridized carbons (Fsp3) is 0.615. The number of β-amino-alcohol motifs (C(OH)–C–C–N with tert-alkyl or cyclic N) is 1. The van der Waals surface area contributed by atoms with E-state index in [0.717, 1.165) is 5.56 Å². The number of aliphatic hydroxyl groups is 1. The molecule has 1 saturated heterocycles. The summed E-state index contributed by atoms with van der Waals surface area (Å²) in [5.41, 5.74) is 0.598. The van der Waals surface area contributed by atoms with Crippen LogP contribution in [0.15, 0.2) is 16.8 Å². The van der Waals surface area contributed by atoms with Crippen molar-refractivity contribution in [3.63, 3.8) is 0 Å². The van der Waals surface area contributed by atoms with E-state index in [1.54, 1.807) is 16.2 Å². The predicted molar refractivity (Wildman–Crippen MR) is 70.9 cm³/mol. The molecule has 0 bridgehead atoms. The van der Waals surface area contributed by atoms with Gasteiger partial charge in [0, 0.05) is 12.5 Å². The third-order valence-corrected chi connectivity index (χ3v) is 3.61. The monoisotopic (exact) mass is 269 g/mol. The second kappa shape index (κ2) is 4.90. The van der Waals surface area contributed by atoms with E-state index in [9.17, 15) is 9.90 Å². The van der Waals surface area contributed by atoms with Gasteiger partial charge < -0.3 is 14.7 Å². The number of ether oxygens (including phenoxy) is 1. The third kappa shape index (κ3) is 3.03. The molecule has 18 heavy (non-hydrogen) atoms. The summed E-state index contributed by atoms with van der Waals surface area (Å²) in [6.07, 6.45) is -0.855. The molecular weight excluding hydrogens is 250 g/mol. The van der Waals surface area contributed by atoms with Crippen LogP contribution >= 0.6 is 11.3 Å². The number of hydrogen-bond donors (Lipinski definition) is 1. The Kier molecular flexibility index (Phi) is 3.64. The van der Waals surface area contributed by atoms with Gasteiger partial charge in [0.2, 0.25) is 0 Å². The van der Waals surface area contributed by atoms with Crippen molar-refractivity contribution in [3.05, 3.63) is 22.4 Å². The second-order valence-corrected chi connectivity index (χ2v) is 6.40. The van der Waals surface area contributed by atoms with E-state index in [2.05, 4.69) is 0 Å². The first-order chi connectivity index (χ1) is 8.37. The predicted octanol–water partition coefficient (Wildman–Crippen LogP) is 2.44. The van der Waals surface area contributed by atoms with Gasteiger partial charge in [-0.15, -0.1) is 0 Å². The van der Waals surface area contributed by atoms with Crippen molar-refractivity contribution in [2.75, 3.05) is 13.1 Å². The molecule has 1 N–H and O–H groups in total. The van der Waals surface area contributed by atoms with Gasteiger partial charge in [0.1, 0.15) is 5.60 Å². The number of amides is 1. The Morgan fingerprint density at radius 1 is 1.50 bits per heavy atom. The average Bonchev–Trinajstić information content (AvgIpc) is 2.82. The zero-order chi connectivity index (χ0) is 13.3. The molecule has 0 spiro atoms. The molecule has 0 unspecified atom stereocenters. The molecule has 5 heteroatoms.